The fourth-order valence-corrected chi connectivity index (χ4v) is 1.92. The minimum Gasteiger partial charge on any atom is -0.489 e. The SMILES string of the molecule is OCc1ccc(OCc2cccc(Br)c2F)cc1. The van der Waals surface area contributed by atoms with Gasteiger partial charge in [0.25, 0.3) is 0 Å². The number of hydrogen-bond donors (Lipinski definition) is 1. The van der Waals surface area contributed by atoms with Crippen LogP contribution in [0.5, 0.6) is 5.75 Å². The minimum atomic E-state index is -0.301. The molecule has 0 saturated carbocycles. The molecule has 0 atom stereocenters. The summed E-state index contributed by atoms with van der Waals surface area (Å²) in [5.74, 6) is 0.344. The molecular weight excluding hydrogens is 299 g/mol. The highest BCUT2D eigenvalue weighted by atomic mass is 79.9. The third kappa shape index (κ3) is 3.09. The van der Waals surface area contributed by atoms with Crippen molar-refractivity contribution in [3.05, 3.63) is 63.9 Å². The lowest BCUT2D eigenvalue weighted by Gasteiger charge is -2.08. The van der Waals surface area contributed by atoms with Crippen LogP contribution in [0.25, 0.3) is 0 Å². The van der Waals surface area contributed by atoms with Crippen molar-refractivity contribution in [3.8, 4) is 5.75 Å². The van der Waals surface area contributed by atoms with E-state index in [0.29, 0.717) is 15.8 Å². The Morgan fingerprint density at radius 3 is 2.50 bits per heavy atom. The van der Waals surface area contributed by atoms with Gasteiger partial charge in [0.15, 0.2) is 0 Å². The zero-order valence-corrected chi connectivity index (χ0v) is 11.2. The zero-order chi connectivity index (χ0) is 13.0. The highest BCUT2D eigenvalue weighted by Crippen LogP contribution is 2.20. The molecule has 0 fully saturated rings. The minimum absolute atomic E-state index is 0.000536. The molecule has 0 bridgehead atoms. The average Bonchev–Trinajstić information content (AvgIpc) is 2.41. The number of aliphatic hydroxyl groups is 1. The monoisotopic (exact) mass is 310 g/mol. The van der Waals surface area contributed by atoms with Crippen LogP contribution < -0.4 is 4.74 Å². The van der Waals surface area contributed by atoms with E-state index in [1.165, 1.54) is 0 Å². The van der Waals surface area contributed by atoms with Crippen molar-refractivity contribution < 1.29 is 14.2 Å². The standard InChI is InChI=1S/C14H12BrFO2/c15-13-3-1-2-11(14(13)16)9-18-12-6-4-10(8-17)5-7-12/h1-7,17H,8-9H2. The molecule has 0 aliphatic carbocycles. The second-order valence-electron chi connectivity index (χ2n) is 3.80. The first kappa shape index (κ1) is 13.1. The van der Waals surface area contributed by atoms with Gasteiger partial charge in [0.2, 0.25) is 0 Å². The molecule has 0 unspecified atom stereocenters. The summed E-state index contributed by atoms with van der Waals surface area (Å²) < 4.78 is 19.6. The van der Waals surface area contributed by atoms with Gasteiger partial charge in [-0.1, -0.05) is 24.3 Å². The zero-order valence-electron chi connectivity index (χ0n) is 9.57. The van der Waals surface area contributed by atoms with Gasteiger partial charge in [-0.2, -0.15) is 0 Å². The molecular formula is C14H12BrFO2. The lowest BCUT2D eigenvalue weighted by Crippen LogP contribution is -1.99. The maximum absolute atomic E-state index is 13.7. The van der Waals surface area contributed by atoms with Gasteiger partial charge < -0.3 is 9.84 Å². The van der Waals surface area contributed by atoms with Gasteiger partial charge in [0, 0.05) is 5.56 Å². The summed E-state index contributed by atoms with van der Waals surface area (Å²) in [6.07, 6.45) is 0. The van der Waals surface area contributed by atoms with Gasteiger partial charge in [-0.05, 0) is 39.7 Å². The van der Waals surface area contributed by atoms with E-state index in [1.807, 2.05) is 0 Å². The topological polar surface area (TPSA) is 29.5 Å². The Bertz CT molecular complexity index is 526. The summed E-state index contributed by atoms with van der Waals surface area (Å²) in [5, 5.41) is 8.91. The second kappa shape index (κ2) is 5.98. The van der Waals surface area contributed by atoms with Crippen LogP contribution in [0.1, 0.15) is 11.1 Å². The molecule has 1 N–H and O–H groups in total. The van der Waals surface area contributed by atoms with Gasteiger partial charge in [0.1, 0.15) is 18.2 Å². The van der Waals surface area contributed by atoms with Gasteiger partial charge >= 0.3 is 0 Å². The van der Waals surface area contributed by atoms with Crippen molar-refractivity contribution in [3.63, 3.8) is 0 Å². The molecule has 2 aromatic rings. The van der Waals surface area contributed by atoms with E-state index in [9.17, 15) is 4.39 Å². The number of rotatable bonds is 4. The van der Waals surface area contributed by atoms with Crippen LogP contribution >= 0.6 is 15.9 Å². The number of halogens is 2. The normalized spacial score (nSPS) is 10.4. The van der Waals surface area contributed by atoms with E-state index in [4.69, 9.17) is 9.84 Å². The summed E-state index contributed by atoms with van der Waals surface area (Å²) in [5.41, 5.74) is 1.31. The first-order valence-corrected chi connectivity index (χ1v) is 6.25. The smallest absolute Gasteiger partial charge is 0.143 e. The molecule has 0 amide bonds. The van der Waals surface area contributed by atoms with Crippen molar-refractivity contribution in [1.29, 1.82) is 0 Å². The van der Waals surface area contributed by atoms with Crippen LogP contribution in [0, 0.1) is 5.82 Å². The fourth-order valence-electron chi connectivity index (χ4n) is 1.51. The summed E-state index contributed by atoms with van der Waals surface area (Å²) in [6.45, 7) is 0.171. The summed E-state index contributed by atoms with van der Waals surface area (Å²) >= 11 is 3.13. The molecule has 0 saturated heterocycles. The lowest BCUT2D eigenvalue weighted by molar-refractivity contribution is 0.280. The lowest BCUT2D eigenvalue weighted by atomic mass is 10.2. The maximum atomic E-state index is 13.7. The van der Waals surface area contributed by atoms with E-state index >= 15 is 0 Å². The Morgan fingerprint density at radius 2 is 1.83 bits per heavy atom. The molecule has 0 spiro atoms. The Morgan fingerprint density at radius 1 is 1.11 bits per heavy atom. The first-order valence-electron chi connectivity index (χ1n) is 5.46. The van der Waals surface area contributed by atoms with E-state index in [2.05, 4.69) is 15.9 Å². The third-order valence-corrected chi connectivity index (χ3v) is 3.14. The number of ether oxygens (including phenoxy) is 1. The van der Waals surface area contributed by atoms with Gasteiger partial charge in [0.05, 0.1) is 11.1 Å². The summed E-state index contributed by atoms with van der Waals surface area (Å²) in [4.78, 5) is 0. The Balaban J connectivity index is 2.04. The Hall–Kier alpha value is -1.39. The average molecular weight is 311 g/mol. The van der Waals surface area contributed by atoms with Crippen molar-refractivity contribution in [2.24, 2.45) is 0 Å². The molecule has 18 heavy (non-hydrogen) atoms. The Labute approximate surface area is 113 Å². The van der Waals surface area contributed by atoms with Crippen LogP contribution in [0.15, 0.2) is 46.9 Å². The van der Waals surface area contributed by atoms with Crippen LogP contribution in [-0.2, 0) is 13.2 Å². The van der Waals surface area contributed by atoms with E-state index in [-0.39, 0.29) is 19.0 Å². The number of benzene rings is 2. The molecule has 94 valence electrons. The molecule has 2 nitrogen and oxygen atoms in total. The highest BCUT2D eigenvalue weighted by molar-refractivity contribution is 9.10. The Kier molecular flexibility index (Phi) is 4.33. The summed E-state index contributed by atoms with van der Waals surface area (Å²) in [6, 6.07) is 12.1. The van der Waals surface area contributed by atoms with Gasteiger partial charge in [-0.25, -0.2) is 4.39 Å². The van der Waals surface area contributed by atoms with Crippen LogP contribution in [0.2, 0.25) is 0 Å². The van der Waals surface area contributed by atoms with Gasteiger partial charge in [-0.15, -0.1) is 0 Å². The molecule has 2 rings (SSSR count). The van der Waals surface area contributed by atoms with Crippen molar-refractivity contribution in [1.82, 2.24) is 0 Å². The van der Waals surface area contributed by atoms with Crippen molar-refractivity contribution in [2.45, 2.75) is 13.2 Å². The predicted octanol–water partition coefficient (Wildman–Crippen LogP) is 3.66. The van der Waals surface area contributed by atoms with E-state index in [1.54, 1.807) is 42.5 Å². The second-order valence-corrected chi connectivity index (χ2v) is 4.66. The third-order valence-electron chi connectivity index (χ3n) is 2.53. The number of aliphatic hydroxyl groups excluding tert-OH is 1. The molecule has 0 radical (unpaired) electrons. The van der Waals surface area contributed by atoms with Gasteiger partial charge in [-0.3, -0.25) is 0 Å². The first-order chi connectivity index (χ1) is 8.70. The quantitative estimate of drug-likeness (QED) is 0.934. The maximum Gasteiger partial charge on any atom is 0.143 e. The van der Waals surface area contributed by atoms with E-state index < -0.39 is 0 Å². The number of hydrogen-bond acceptors (Lipinski definition) is 2. The predicted molar refractivity (Wildman–Crippen MR) is 70.8 cm³/mol. The van der Waals surface area contributed by atoms with Crippen LogP contribution in [-0.4, -0.2) is 5.11 Å². The molecule has 0 aliphatic heterocycles. The van der Waals surface area contributed by atoms with Crippen LogP contribution in [0.3, 0.4) is 0 Å². The largest absolute Gasteiger partial charge is 0.489 e. The molecule has 0 aliphatic rings. The fraction of sp³-hybridized carbons (Fsp3) is 0.143. The molecule has 0 heterocycles. The van der Waals surface area contributed by atoms with Crippen molar-refractivity contribution >= 4 is 15.9 Å². The van der Waals surface area contributed by atoms with Crippen molar-refractivity contribution in [2.75, 3.05) is 0 Å². The molecule has 0 aromatic heterocycles. The summed E-state index contributed by atoms with van der Waals surface area (Å²) in [7, 11) is 0. The molecule has 4 heteroatoms. The van der Waals surface area contributed by atoms with E-state index in [0.717, 1.165) is 5.56 Å². The highest BCUT2D eigenvalue weighted by Gasteiger charge is 2.06. The molecule has 2 aromatic carbocycles. The van der Waals surface area contributed by atoms with Crippen LogP contribution in [0.4, 0.5) is 4.39 Å².